The Morgan fingerprint density at radius 1 is 1.20 bits per heavy atom. The van der Waals surface area contributed by atoms with Gasteiger partial charge in [0.2, 0.25) is 5.91 Å². The molecule has 0 atom stereocenters. The molecule has 114 valence electrons. The van der Waals surface area contributed by atoms with Crippen molar-refractivity contribution in [2.75, 3.05) is 19.6 Å². The molecular weight excluding hydrogens is 262 g/mol. The van der Waals surface area contributed by atoms with E-state index in [0.717, 1.165) is 25.9 Å². The van der Waals surface area contributed by atoms with Crippen LogP contribution in [0.25, 0.3) is 0 Å². The minimum Gasteiger partial charge on any atom is -0.481 e. The zero-order chi connectivity index (χ0) is 15.2. The summed E-state index contributed by atoms with van der Waals surface area (Å²) >= 11 is 0. The van der Waals surface area contributed by atoms with Crippen molar-refractivity contribution in [3.05, 3.63) is 0 Å². The average Bonchev–Trinajstić information content (AvgIpc) is 2.87. The number of nitrogens with one attached hydrogen (secondary N) is 2. The number of urea groups is 1. The Morgan fingerprint density at radius 2 is 1.80 bits per heavy atom. The molecule has 7 nitrogen and oxygen atoms in total. The van der Waals surface area contributed by atoms with Crippen LogP contribution in [-0.4, -0.2) is 53.1 Å². The molecule has 0 unspecified atom stereocenters. The summed E-state index contributed by atoms with van der Waals surface area (Å²) in [5.41, 5.74) is -0.626. The van der Waals surface area contributed by atoms with E-state index in [4.69, 9.17) is 5.11 Å². The summed E-state index contributed by atoms with van der Waals surface area (Å²) in [6.07, 6.45) is 2.34. The van der Waals surface area contributed by atoms with Gasteiger partial charge in [0, 0.05) is 25.0 Å². The topological polar surface area (TPSA) is 98.7 Å². The van der Waals surface area contributed by atoms with E-state index in [0.29, 0.717) is 6.42 Å². The van der Waals surface area contributed by atoms with Gasteiger partial charge in [-0.2, -0.15) is 0 Å². The van der Waals surface area contributed by atoms with Gasteiger partial charge in [-0.3, -0.25) is 9.59 Å². The molecule has 1 rings (SSSR count). The summed E-state index contributed by atoms with van der Waals surface area (Å²) in [6, 6.07) is -0.451. The summed E-state index contributed by atoms with van der Waals surface area (Å²) in [5.74, 6) is -0.981. The number of carboxylic acid groups (broad SMARTS) is 1. The van der Waals surface area contributed by atoms with E-state index in [1.807, 2.05) is 0 Å². The fourth-order valence-electron chi connectivity index (χ4n) is 2.07. The molecule has 3 N–H and O–H groups in total. The lowest BCUT2D eigenvalue weighted by atomic mass is 9.99. The van der Waals surface area contributed by atoms with Gasteiger partial charge in [0.1, 0.15) is 0 Å². The Balaban J connectivity index is 2.28. The molecule has 0 spiro atoms. The lowest BCUT2D eigenvalue weighted by Crippen LogP contribution is -2.50. The van der Waals surface area contributed by atoms with Crippen molar-refractivity contribution in [2.24, 2.45) is 0 Å². The zero-order valence-corrected chi connectivity index (χ0v) is 12.1. The van der Waals surface area contributed by atoms with Gasteiger partial charge >= 0.3 is 12.0 Å². The van der Waals surface area contributed by atoms with Crippen molar-refractivity contribution in [2.45, 2.75) is 45.1 Å². The Hall–Kier alpha value is -1.79. The minimum atomic E-state index is -0.899. The molecule has 1 fully saturated rings. The third-order valence-corrected chi connectivity index (χ3v) is 3.27. The van der Waals surface area contributed by atoms with E-state index in [1.165, 1.54) is 0 Å². The zero-order valence-electron chi connectivity index (χ0n) is 12.1. The first-order valence-corrected chi connectivity index (χ1v) is 6.86. The largest absolute Gasteiger partial charge is 0.481 e. The van der Waals surface area contributed by atoms with Crippen molar-refractivity contribution in [1.82, 2.24) is 15.5 Å². The predicted molar refractivity (Wildman–Crippen MR) is 73.3 cm³/mol. The number of nitrogens with zero attached hydrogens (tertiary/aromatic N) is 1. The van der Waals surface area contributed by atoms with Crippen LogP contribution in [0.2, 0.25) is 0 Å². The van der Waals surface area contributed by atoms with Crippen LogP contribution in [0.3, 0.4) is 0 Å². The monoisotopic (exact) mass is 285 g/mol. The normalized spacial score (nSPS) is 15.0. The molecule has 1 aliphatic heterocycles. The highest BCUT2D eigenvalue weighted by atomic mass is 16.4. The van der Waals surface area contributed by atoms with E-state index in [-0.39, 0.29) is 18.9 Å². The molecular formula is C13H23N3O4. The molecule has 0 aromatic carbocycles. The van der Waals surface area contributed by atoms with E-state index >= 15 is 0 Å². The van der Waals surface area contributed by atoms with Crippen LogP contribution in [0, 0.1) is 0 Å². The highest BCUT2D eigenvalue weighted by Crippen LogP contribution is 2.11. The number of aliphatic carboxylic acids is 1. The summed E-state index contributed by atoms with van der Waals surface area (Å²) < 4.78 is 0. The molecule has 0 bridgehead atoms. The predicted octanol–water partition coefficient (Wildman–Crippen LogP) is 0.551. The van der Waals surface area contributed by atoms with Gasteiger partial charge in [-0.15, -0.1) is 0 Å². The SMILES string of the molecule is CC(C)(CCC(=O)O)NC(=O)NCC(=O)N1CCCC1. The molecule has 0 aromatic heterocycles. The molecule has 1 heterocycles. The average molecular weight is 285 g/mol. The first kappa shape index (κ1) is 16.3. The fourth-order valence-corrected chi connectivity index (χ4v) is 2.07. The third kappa shape index (κ3) is 5.90. The van der Waals surface area contributed by atoms with Crippen LogP contribution in [0.1, 0.15) is 39.5 Å². The van der Waals surface area contributed by atoms with Gasteiger partial charge in [0.25, 0.3) is 0 Å². The maximum Gasteiger partial charge on any atom is 0.315 e. The maximum atomic E-state index is 11.7. The fraction of sp³-hybridized carbons (Fsp3) is 0.769. The minimum absolute atomic E-state index is 0.0139. The summed E-state index contributed by atoms with van der Waals surface area (Å²) in [4.78, 5) is 35.7. The molecule has 0 aliphatic carbocycles. The lowest BCUT2D eigenvalue weighted by Gasteiger charge is -2.26. The van der Waals surface area contributed by atoms with Gasteiger partial charge in [-0.05, 0) is 33.1 Å². The summed E-state index contributed by atoms with van der Waals surface area (Å²) in [7, 11) is 0. The van der Waals surface area contributed by atoms with Gasteiger partial charge in [0.05, 0.1) is 6.54 Å². The van der Waals surface area contributed by atoms with Crippen molar-refractivity contribution in [3.8, 4) is 0 Å². The van der Waals surface area contributed by atoms with Crippen LogP contribution in [0.4, 0.5) is 4.79 Å². The first-order valence-electron chi connectivity index (χ1n) is 6.86. The van der Waals surface area contributed by atoms with Crippen LogP contribution < -0.4 is 10.6 Å². The van der Waals surface area contributed by atoms with Crippen LogP contribution in [-0.2, 0) is 9.59 Å². The molecule has 1 aliphatic rings. The van der Waals surface area contributed by atoms with Crippen molar-refractivity contribution in [1.29, 1.82) is 0 Å². The highest BCUT2D eigenvalue weighted by molar-refractivity contribution is 5.84. The number of amides is 3. The second-order valence-electron chi connectivity index (χ2n) is 5.67. The van der Waals surface area contributed by atoms with Crippen molar-refractivity contribution >= 4 is 17.9 Å². The van der Waals surface area contributed by atoms with Gasteiger partial charge < -0.3 is 20.6 Å². The number of hydrogen-bond acceptors (Lipinski definition) is 3. The van der Waals surface area contributed by atoms with Gasteiger partial charge in [-0.1, -0.05) is 0 Å². The van der Waals surface area contributed by atoms with Crippen LogP contribution in [0.15, 0.2) is 0 Å². The number of carbonyl (C=O) groups excluding carboxylic acids is 2. The van der Waals surface area contributed by atoms with Crippen molar-refractivity contribution < 1.29 is 19.5 Å². The van der Waals surface area contributed by atoms with Crippen LogP contribution in [0.5, 0.6) is 0 Å². The van der Waals surface area contributed by atoms with E-state index in [1.54, 1.807) is 18.7 Å². The maximum absolute atomic E-state index is 11.7. The molecule has 3 amide bonds. The van der Waals surface area contributed by atoms with Crippen molar-refractivity contribution in [3.63, 3.8) is 0 Å². The summed E-state index contributed by atoms with van der Waals surface area (Å²) in [5, 5.41) is 13.8. The molecule has 1 saturated heterocycles. The number of carbonyl (C=O) groups is 3. The Labute approximate surface area is 118 Å². The number of carboxylic acids is 1. The lowest BCUT2D eigenvalue weighted by molar-refractivity contribution is -0.137. The van der Waals surface area contributed by atoms with Crippen LogP contribution >= 0.6 is 0 Å². The standard InChI is InChI=1S/C13H23N3O4/c1-13(2,6-5-11(18)19)15-12(20)14-9-10(17)16-7-3-4-8-16/h3-9H2,1-2H3,(H,18,19)(H2,14,15,20). The second-order valence-corrected chi connectivity index (χ2v) is 5.67. The second kappa shape index (κ2) is 7.12. The number of likely N-dealkylation sites (tertiary alicyclic amines) is 1. The quantitative estimate of drug-likeness (QED) is 0.663. The Kier molecular flexibility index (Phi) is 5.79. The third-order valence-electron chi connectivity index (χ3n) is 3.27. The molecule has 0 radical (unpaired) electrons. The van der Waals surface area contributed by atoms with Gasteiger partial charge in [-0.25, -0.2) is 4.79 Å². The number of rotatable bonds is 6. The molecule has 7 heteroatoms. The van der Waals surface area contributed by atoms with E-state index in [2.05, 4.69) is 10.6 Å². The Bertz CT molecular complexity index is 376. The van der Waals surface area contributed by atoms with E-state index < -0.39 is 17.5 Å². The first-order chi connectivity index (χ1) is 9.30. The Morgan fingerprint density at radius 3 is 2.35 bits per heavy atom. The number of hydrogen-bond donors (Lipinski definition) is 3. The molecule has 20 heavy (non-hydrogen) atoms. The molecule has 0 aromatic rings. The molecule has 0 saturated carbocycles. The van der Waals surface area contributed by atoms with Gasteiger partial charge in [0.15, 0.2) is 0 Å². The highest BCUT2D eigenvalue weighted by Gasteiger charge is 2.23. The summed E-state index contributed by atoms with van der Waals surface area (Å²) in [6.45, 7) is 4.98. The smallest absolute Gasteiger partial charge is 0.315 e. The van der Waals surface area contributed by atoms with E-state index in [9.17, 15) is 14.4 Å².